The van der Waals surface area contributed by atoms with Crippen LogP contribution >= 0.6 is 0 Å². The summed E-state index contributed by atoms with van der Waals surface area (Å²) in [6, 6.07) is 11.5. The van der Waals surface area contributed by atoms with Crippen molar-refractivity contribution in [3.05, 3.63) is 47.7 Å². The molecule has 1 heterocycles. The number of amides is 2. The van der Waals surface area contributed by atoms with E-state index in [1.54, 1.807) is 4.68 Å². The maximum absolute atomic E-state index is 12.0. The SMILES string of the molecule is Cc1cc(NC(=O)NCC2(O)CCC2)n(Cc2ccccc2)n1. The van der Waals surface area contributed by atoms with Gasteiger partial charge in [0.1, 0.15) is 5.82 Å². The number of nitrogens with one attached hydrogen (secondary N) is 2. The fourth-order valence-corrected chi connectivity index (χ4v) is 2.69. The van der Waals surface area contributed by atoms with Gasteiger partial charge < -0.3 is 10.4 Å². The van der Waals surface area contributed by atoms with E-state index in [0.717, 1.165) is 30.5 Å². The zero-order valence-electron chi connectivity index (χ0n) is 13.2. The molecule has 6 heteroatoms. The van der Waals surface area contributed by atoms with Crippen LogP contribution in [-0.4, -0.2) is 33.1 Å². The van der Waals surface area contributed by atoms with Gasteiger partial charge >= 0.3 is 6.03 Å². The van der Waals surface area contributed by atoms with Crippen molar-refractivity contribution in [2.45, 2.75) is 38.3 Å². The Morgan fingerprint density at radius 3 is 2.74 bits per heavy atom. The summed E-state index contributed by atoms with van der Waals surface area (Å²) in [7, 11) is 0. The van der Waals surface area contributed by atoms with Crippen LogP contribution in [0.5, 0.6) is 0 Å². The van der Waals surface area contributed by atoms with E-state index in [1.165, 1.54) is 0 Å². The molecule has 1 fully saturated rings. The predicted molar refractivity (Wildman–Crippen MR) is 88.3 cm³/mol. The smallest absolute Gasteiger partial charge is 0.320 e. The quantitative estimate of drug-likeness (QED) is 0.792. The lowest BCUT2D eigenvalue weighted by Crippen LogP contribution is -2.48. The summed E-state index contributed by atoms with van der Waals surface area (Å²) in [5, 5.41) is 20.0. The first-order valence-corrected chi connectivity index (χ1v) is 7.90. The summed E-state index contributed by atoms with van der Waals surface area (Å²) in [4.78, 5) is 12.0. The van der Waals surface area contributed by atoms with E-state index >= 15 is 0 Å². The van der Waals surface area contributed by atoms with Gasteiger partial charge in [-0.05, 0) is 31.7 Å². The normalized spacial score (nSPS) is 15.7. The number of urea groups is 1. The number of aryl methyl sites for hydroxylation is 1. The Morgan fingerprint density at radius 1 is 1.35 bits per heavy atom. The molecule has 2 amide bonds. The third-order valence-corrected chi connectivity index (χ3v) is 4.18. The molecule has 0 aliphatic heterocycles. The molecule has 0 unspecified atom stereocenters. The van der Waals surface area contributed by atoms with Crippen molar-refractivity contribution >= 4 is 11.8 Å². The number of rotatable bonds is 5. The molecule has 6 nitrogen and oxygen atoms in total. The van der Waals surface area contributed by atoms with Crippen molar-refractivity contribution in [3.63, 3.8) is 0 Å². The highest BCUT2D eigenvalue weighted by Gasteiger charge is 2.34. The molecule has 1 aromatic heterocycles. The molecule has 1 aliphatic carbocycles. The number of aromatic nitrogens is 2. The highest BCUT2D eigenvalue weighted by molar-refractivity contribution is 5.88. The number of hydrogen-bond donors (Lipinski definition) is 3. The Kier molecular flexibility index (Phi) is 4.34. The van der Waals surface area contributed by atoms with Crippen LogP contribution < -0.4 is 10.6 Å². The largest absolute Gasteiger partial charge is 0.388 e. The van der Waals surface area contributed by atoms with Crippen LogP contribution in [-0.2, 0) is 6.54 Å². The predicted octanol–water partition coefficient (Wildman–Crippen LogP) is 2.28. The number of benzene rings is 1. The topological polar surface area (TPSA) is 79.2 Å². The second kappa shape index (κ2) is 6.42. The van der Waals surface area contributed by atoms with Crippen LogP contribution in [0.25, 0.3) is 0 Å². The van der Waals surface area contributed by atoms with Gasteiger partial charge in [-0.25, -0.2) is 9.48 Å². The van der Waals surface area contributed by atoms with Gasteiger partial charge in [-0.3, -0.25) is 5.32 Å². The molecule has 0 radical (unpaired) electrons. The van der Waals surface area contributed by atoms with Crippen LogP contribution in [0, 0.1) is 6.92 Å². The van der Waals surface area contributed by atoms with Crippen molar-refractivity contribution in [2.24, 2.45) is 0 Å². The minimum Gasteiger partial charge on any atom is -0.388 e. The second-order valence-electron chi connectivity index (χ2n) is 6.20. The van der Waals surface area contributed by atoms with E-state index < -0.39 is 5.60 Å². The zero-order valence-corrected chi connectivity index (χ0v) is 13.2. The number of anilines is 1. The van der Waals surface area contributed by atoms with E-state index in [4.69, 9.17) is 0 Å². The lowest BCUT2D eigenvalue weighted by Gasteiger charge is -2.36. The number of aliphatic hydroxyl groups is 1. The molecule has 1 aromatic carbocycles. The van der Waals surface area contributed by atoms with Crippen LogP contribution in [0.4, 0.5) is 10.6 Å². The molecule has 0 bridgehead atoms. The lowest BCUT2D eigenvalue weighted by atomic mass is 9.80. The van der Waals surface area contributed by atoms with Crippen molar-refractivity contribution in [1.29, 1.82) is 0 Å². The molecular weight excluding hydrogens is 292 g/mol. The van der Waals surface area contributed by atoms with E-state index in [0.29, 0.717) is 12.4 Å². The monoisotopic (exact) mass is 314 g/mol. The average Bonchev–Trinajstić information content (AvgIpc) is 2.83. The Balaban J connectivity index is 1.62. The van der Waals surface area contributed by atoms with Crippen molar-refractivity contribution in [2.75, 3.05) is 11.9 Å². The molecule has 2 aromatic rings. The van der Waals surface area contributed by atoms with E-state index in [2.05, 4.69) is 15.7 Å². The molecule has 23 heavy (non-hydrogen) atoms. The number of hydrogen-bond acceptors (Lipinski definition) is 3. The van der Waals surface area contributed by atoms with Crippen LogP contribution in [0.15, 0.2) is 36.4 Å². The van der Waals surface area contributed by atoms with Crippen LogP contribution in [0.2, 0.25) is 0 Å². The summed E-state index contributed by atoms with van der Waals surface area (Å²) in [6.45, 7) is 2.76. The lowest BCUT2D eigenvalue weighted by molar-refractivity contribution is -0.0287. The molecule has 1 saturated carbocycles. The van der Waals surface area contributed by atoms with Gasteiger partial charge in [0.05, 0.1) is 17.8 Å². The van der Waals surface area contributed by atoms with Crippen molar-refractivity contribution in [3.8, 4) is 0 Å². The maximum atomic E-state index is 12.0. The minimum atomic E-state index is -0.725. The average molecular weight is 314 g/mol. The molecule has 0 spiro atoms. The summed E-state index contributed by atoms with van der Waals surface area (Å²) >= 11 is 0. The molecular formula is C17H22N4O2. The number of nitrogens with zero attached hydrogens (tertiary/aromatic N) is 2. The highest BCUT2D eigenvalue weighted by atomic mass is 16.3. The van der Waals surface area contributed by atoms with E-state index in [9.17, 15) is 9.90 Å². The summed E-state index contributed by atoms with van der Waals surface area (Å²) in [6.07, 6.45) is 2.51. The highest BCUT2D eigenvalue weighted by Crippen LogP contribution is 2.30. The van der Waals surface area contributed by atoms with Crippen LogP contribution in [0.3, 0.4) is 0 Å². The summed E-state index contributed by atoms with van der Waals surface area (Å²) in [5.41, 5.74) is 1.23. The Hall–Kier alpha value is -2.34. The van der Waals surface area contributed by atoms with Gasteiger partial charge in [-0.2, -0.15) is 5.10 Å². The van der Waals surface area contributed by atoms with Gasteiger partial charge in [0.25, 0.3) is 0 Å². The minimum absolute atomic E-state index is 0.282. The molecule has 0 atom stereocenters. The Labute approximate surface area is 135 Å². The van der Waals surface area contributed by atoms with Gasteiger partial charge in [0.2, 0.25) is 0 Å². The van der Waals surface area contributed by atoms with Crippen molar-refractivity contribution in [1.82, 2.24) is 15.1 Å². The standard InChI is InChI=1S/C17H22N4O2/c1-13-10-15(19-16(22)18-12-17(23)8-5-9-17)21(20-13)11-14-6-3-2-4-7-14/h2-4,6-7,10,23H,5,8-9,11-12H2,1H3,(H2,18,19,22). The fraction of sp³-hybridized carbons (Fsp3) is 0.412. The first kappa shape index (κ1) is 15.6. The molecule has 122 valence electrons. The Bertz CT molecular complexity index is 677. The third kappa shape index (κ3) is 3.90. The summed E-state index contributed by atoms with van der Waals surface area (Å²) in [5.74, 6) is 0.643. The maximum Gasteiger partial charge on any atom is 0.320 e. The van der Waals surface area contributed by atoms with Gasteiger partial charge in [-0.15, -0.1) is 0 Å². The molecule has 3 rings (SSSR count). The van der Waals surface area contributed by atoms with E-state index in [1.807, 2.05) is 43.3 Å². The second-order valence-corrected chi connectivity index (χ2v) is 6.20. The van der Waals surface area contributed by atoms with Crippen LogP contribution in [0.1, 0.15) is 30.5 Å². The van der Waals surface area contributed by atoms with Gasteiger partial charge in [0, 0.05) is 12.6 Å². The first-order chi connectivity index (χ1) is 11.0. The summed E-state index contributed by atoms with van der Waals surface area (Å²) < 4.78 is 1.77. The Morgan fingerprint density at radius 2 is 2.09 bits per heavy atom. The number of carbonyl (C=O) groups is 1. The molecule has 0 saturated heterocycles. The van der Waals surface area contributed by atoms with Crippen molar-refractivity contribution < 1.29 is 9.90 Å². The van der Waals surface area contributed by atoms with Gasteiger partial charge in [-0.1, -0.05) is 30.3 Å². The molecule has 1 aliphatic rings. The first-order valence-electron chi connectivity index (χ1n) is 7.90. The van der Waals surface area contributed by atoms with E-state index in [-0.39, 0.29) is 12.6 Å². The fourth-order valence-electron chi connectivity index (χ4n) is 2.69. The zero-order chi connectivity index (χ0) is 16.3. The third-order valence-electron chi connectivity index (χ3n) is 4.18. The number of carbonyl (C=O) groups excluding carboxylic acids is 1. The molecule has 3 N–H and O–H groups in total. The van der Waals surface area contributed by atoms with Gasteiger partial charge in [0.15, 0.2) is 0 Å².